The molecule has 4 N–H and O–H groups in total. The summed E-state index contributed by atoms with van der Waals surface area (Å²) in [5.74, 6) is 1.45. The fourth-order valence-electron chi connectivity index (χ4n) is 3.21. The van der Waals surface area contributed by atoms with Crippen LogP contribution in [0.15, 0.2) is 30.3 Å². The molecule has 0 spiro atoms. The van der Waals surface area contributed by atoms with Crippen molar-refractivity contribution in [1.82, 2.24) is 15.3 Å². The molecule has 2 aromatic rings. The number of nitrogens with two attached hydrogens (primary N) is 1. The number of amides is 1. The Kier molecular flexibility index (Phi) is 5.20. The Morgan fingerprint density at radius 2 is 1.85 bits per heavy atom. The van der Waals surface area contributed by atoms with E-state index >= 15 is 0 Å². The molecule has 2 aliphatic rings. The first kappa shape index (κ1) is 17.7. The molecule has 0 bridgehead atoms. The van der Waals surface area contributed by atoms with E-state index in [2.05, 4.69) is 20.6 Å². The van der Waals surface area contributed by atoms with Crippen LogP contribution in [0.1, 0.15) is 36.0 Å². The molecule has 1 saturated carbocycles. The first-order valence-electron chi connectivity index (χ1n) is 9.55. The molecule has 1 aliphatic carbocycles. The van der Waals surface area contributed by atoms with Gasteiger partial charge in [0.05, 0.1) is 5.69 Å². The summed E-state index contributed by atoms with van der Waals surface area (Å²) in [5, 5.41) is 6.36. The van der Waals surface area contributed by atoms with Crippen LogP contribution >= 0.6 is 0 Å². The predicted octanol–water partition coefficient (Wildman–Crippen LogP) is 2.46. The van der Waals surface area contributed by atoms with Crippen LogP contribution in [0.25, 0.3) is 11.3 Å². The molecule has 7 heteroatoms. The van der Waals surface area contributed by atoms with Crippen LogP contribution in [0.2, 0.25) is 0 Å². The average molecular weight is 367 g/mol. The normalized spacial score (nSPS) is 17.5. The standard InChI is InChI=1S/C20H25N5O2/c21-20-24-17(11-18(25-20)23-16-5-6-16)14-1-3-15(4-2-14)19(26)22-12-13-7-9-27-10-8-13/h1-4,11,13,16H,5-10,12H2,(H,22,26)(H3,21,23,24,25). The molecular weight excluding hydrogens is 342 g/mol. The topological polar surface area (TPSA) is 102 Å². The highest BCUT2D eigenvalue weighted by atomic mass is 16.5. The highest BCUT2D eigenvalue weighted by molar-refractivity contribution is 5.94. The molecule has 2 heterocycles. The van der Waals surface area contributed by atoms with Crippen LogP contribution in [0, 0.1) is 5.92 Å². The number of hydrogen-bond acceptors (Lipinski definition) is 6. The van der Waals surface area contributed by atoms with Gasteiger partial charge in [-0.3, -0.25) is 4.79 Å². The molecule has 1 aliphatic heterocycles. The van der Waals surface area contributed by atoms with Crippen LogP contribution in [0.5, 0.6) is 0 Å². The molecule has 142 valence electrons. The molecule has 0 radical (unpaired) electrons. The largest absolute Gasteiger partial charge is 0.381 e. The zero-order valence-electron chi connectivity index (χ0n) is 15.3. The van der Waals surface area contributed by atoms with Gasteiger partial charge in [-0.2, -0.15) is 4.98 Å². The molecule has 1 aromatic carbocycles. The summed E-state index contributed by atoms with van der Waals surface area (Å²) in [6.07, 6.45) is 4.34. The van der Waals surface area contributed by atoms with Gasteiger partial charge in [0.2, 0.25) is 5.95 Å². The van der Waals surface area contributed by atoms with Gasteiger partial charge in [0.25, 0.3) is 5.91 Å². The second-order valence-corrected chi connectivity index (χ2v) is 7.26. The van der Waals surface area contributed by atoms with Crippen molar-refractivity contribution in [2.75, 3.05) is 30.8 Å². The Bertz CT molecular complexity index is 799. The van der Waals surface area contributed by atoms with Gasteiger partial charge >= 0.3 is 0 Å². The molecule has 4 rings (SSSR count). The van der Waals surface area contributed by atoms with Crippen molar-refractivity contribution >= 4 is 17.7 Å². The van der Waals surface area contributed by atoms with Gasteiger partial charge in [-0.25, -0.2) is 4.98 Å². The molecule has 0 atom stereocenters. The van der Waals surface area contributed by atoms with Gasteiger partial charge in [-0.15, -0.1) is 0 Å². The second-order valence-electron chi connectivity index (χ2n) is 7.26. The van der Waals surface area contributed by atoms with E-state index in [-0.39, 0.29) is 11.9 Å². The number of nitrogen functional groups attached to an aromatic ring is 1. The second kappa shape index (κ2) is 7.92. The molecule has 0 unspecified atom stereocenters. The van der Waals surface area contributed by atoms with Gasteiger partial charge in [-0.1, -0.05) is 12.1 Å². The average Bonchev–Trinajstić information content (AvgIpc) is 3.50. The zero-order chi connectivity index (χ0) is 18.6. The summed E-state index contributed by atoms with van der Waals surface area (Å²) >= 11 is 0. The van der Waals surface area contributed by atoms with Gasteiger partial charge in [0.1, 0.15) is 5.82 Å². The predicted molar refractivity (Wildman–Crippen MR) is 104 cm³/mol. The quantitative estimate of drug-likeness (QED) is 0.725. The Morgan fingerprint density at radius 1 is 1.11 bits per heavy atom. The Labute approximate surface area is 158 Å². The molecule has 2 fully saturated rings. The number of ether oxygens (including phenoxy) is 1. The third-order valence-corrected chi connectivity index (χ3v) is 5.01. The Morgan fingerprint density at radius 3 is 2.56 bits per heavy atom. The van der Waals surface area contributed by atoms with Gasteiger partial charge in [-0.05, 0) is 43.7 Å². The molecule has 1 aromatic heterocycles. The summed E-state index contributed by atoms with van der Waals surface area (Å²) in [6.45, 7) is 2.27. The summed E-state index contributed by atoms with van der Waals surface area (Å²) in [7, 11) is 0. The molecule has 1 saturated heterocycles. The number of aromatic nitrogens is 2. The lowest BCUT2D eigenvalue weighted by Gasteiger charge is -2.22. The fourth-order valence-corrected chi connectivity index (χ4v) is 3.21. The van der Waals surface area contributed by atoms with Crippen molar-refractivity contribution in [3.05, 3.63) is 35.9 Å². The monoisotopic (exact) mass is 367 g/mol. The van der Waals surface area contributed by atoms with E-state index in [0.29, 0.717) is 24.1 Å². The number of carbonyl (C=O) groups excluding carboxylic acids is 1. The fraction of sp³-hybridized carbons (Fsp3) is 0.450. The third-order valence-electron chi connectivity index (χ3n) is 5.01. The minimum Gasteiger partial charge on any atom is -0.381 e. The van der Waals surface area contributed by atoms with Crippen molar-refractivity contribution in [2.24, 2.45) is 5.92 Å². The first-order valence-corrected chi connectivity index (χ1v) is 9.55. The number of nitrogens with zero attached hydrogens (tertiary/aromatic N) is 2. The Hall–Kier alpha value is -2.67. The number of anilines is 2. The van der Waals surface area contributed by atoms with E-state index in [0.717, 1.165) is 56.0 Å². The minimum atomic E-state index is -0.0497. The number of carbonyl (C=O) groups is 1. The van der Waals surface area contributed by atoms with E-state index in [9.17, 15) is 4.79 Å². The number of hydrogen-bond donors (Lipinski definition) is 3. The van der Waals surface area contributed by atoms with Crippen molar-refractivity contribution in [1.29, 1.82) is 0 Å². The van der Waals surface area contributed by atoms with Crippen molar-refractivity contribution in [3.63, 3.8) is 0 Å². The maximum Gasteiger partial charge on any atom is 0.251 e. The summed E-state index contributed by atoms with van der Waals surface area (Å²) in [6, 6.07) is 9.82. The van der Waals surface area contributed by atoms with Crippen LogP contribution in [0.4, 0.5) is 11.8 Å². The van der Waals surface area contributed by atoms with Crippen LogP contribution in [0.3, 0.4) is 0 Å². The van der Waals surface area contributed by atoms with Crippen molar-refractivity contribution < 1.29 is 9.53 Å². The van der Waals surface area contributed by atoms with E-state index in [4.69, 9.17) is 10.5 Å². The van der Waals surface area contributed by atoms with E-state index in [1.807, 2.05) is 30.3 Å². The van der Waals surface area contributed by atoms with Crippen LogP contribution < -0.4 is 16.4 Å². The molecule has 7 nitrogen and oxygen atoms in total. The van der Waals surface area contributed by atoms with Crippen LogP contribution in [-0.2, 0) is 4.74 Å². The lowest BCUT2D eigenvalue weighted by atomic mass is 10.0. The lowest BCUT2D eigenvalue weighted by Crippen LogP contribution is -2.32. The van der Waals surface area contributed by atoms with E-state index in [1.54, 1.807) is 0 Å². The van der Waals surface area contributed by atoms with E-state index in [1.165, 1.54) is 0 Å². The highest BCUT2D eigenvalue weighted by Crippen LogP contribution is 2.26. The van der Waals surface area contributed by atoms with Crippen molar-refractivity contribution in [2.45, 2.75) is 31.7 Å². The molecule has 27 heavy (non-hydrogen) atoms. The molecule has 1 amide bonds. The number of nitrogens with one attached hydrogen (secondary N) is 2. The smallest absolute Gasteiger partial charge is 0.251 e. The summed E-state index contributed by atoms with van der Waals surface area (Å²) in [5.41, 5.74) is 8.15. The van der Waals surface area contributed by atoms with Crippen molar-refractivity contribution in [3.8, 4) is 11.3 Å². The Balaban J connectivity index is 1.40. The highest BCUT2D eigenvalue weighted by Gasteiger charge is 2.22. The van der Waals surface area contributed by atoms with E-state index < -0.39 is 0 Å². The first-order chi connectivity index (χ1) is 13.2. The van der Waals surface area contributed by atoms with Crippen LogP contribution in [-0.4, -0.2) is 41.7 Å². The minimum absolute atomic E-state index is 0.0497. The molecular formula is C20H25N5O2. The van der Waals surface area contributed by atoms with Gasteiger partial charge in [0, 0.05) is 43.0 Å². The lowest BCUT2D eigenvalue weighted by molar-refractivity contribution is 0.0642. The van der Waals surface area contributed by atoms with Gasteiger partial charge in [0.15, 0.2) is 0 Å². The zero-order valence-corrected chi connectivity index (χ0v) is 15.3. The number of rotatable bonds is 6. The van der Waals surface area contributed by atoms with Gasteiger partial charge < -0.3 is 21.1 Å². The third kappa shape index (κ3) is 4.74. The number of benzene rings is 1. The SMILES string of the molecule is Nc1nc(NC2CC2)cc(-c2ccc(C(=O)NCC3CCOCC3)cc2)n1. The summed E-state index contributed by atoms with van der Waals surface area (Å²) in [4.78, 5) is 20.9. The maximum absolute atomic E-state index is 12.4. The maximum atomic E-state index is 12.4. The summed E-state index contributed by atoms with van der Waals surface area (Å²) < 4.78 is 5.35.